The number of hydrogen-bond donors (Lipinski definition) is 3. The third-order valence-corrected chi connectivity index (χ3v) is 17.7. The third-order valence-electron chi connectivity index (χ3n) is 15.9. The van der Waals surface area contributed by atoms with E-state index >= 15 is 0 Å². The molecular weight excluding hydrogens is 970 g/mol. The van der Waals surface area contributed by atoms with Gasteiger partial charge in [-0.3, -0.25) is 29.7 Å². The van der Waals surface area contributed by atoms with Crippen molar-refractivity contribution in [1.29, 1.82) is 0 Å². The summed E-state index contributed by atoms with van der Waals surface area (Å²) < 4.78 is 42.9. The maximum absolute atomic E-state index is 14.2. The molecular formula is C57H88N9O8P. The van der Waals surface area contributed by atoms with E-state index in [1.54, 1.807) is 52.6 Å². The van der Waals surface area contributed by atoms with E-state index in [9.17, 15) is 18.9 Å². The van der Waals surface area contributed by atoms with Crippen molar-refractivity contribution in [3.8, 4) is 11.3 Å². The quantitative estimate of drug-likeness (QED) is 0.0345. The lowest BCUT2D eigenvalue weighted by Crippen LogP contribution is -2.53. The highest BCUT2D eigenvalue weighted by atomic mass is 31.2. The van der Waals surface area contributed by atoms with Crippen LogP contribution in [0.4, 0.5) is 5.69 Å². The van der Waals surface area contributed by atoms with E-state index in [0.717, 1.165) is 96.3 Å². The zero-order valence-corrected chi connectivity index (χ0v) is 48.0. The number of methoxy groups -OCH3 is 2. The lowest BCUT2D eigenvalue weighted by molar-refractivity contribution is -0.150. The second-order valence-electron chi connectivity index (χ2n) is 22.6. The Morgan fingerprint density at radius 3 is 2.35 bits per heavy atom. The van der Waals surface area contributed by atoms with Crippen molar-refractivity contribution >= 4 is 41.7 Å². The predicted molar refractivity (Wildman–Crippen MR) is 298 cm³/mol. The summed E-state index contributed by atoms with van der Waals surface area (Å²) >= 11 is 0. The van der Waals surface area contributed by atoms with Crippen molar-refractivity contribution in [3.63, 3.8) is 0 Å². The van der Waals surface area contributed by atoms with Crippen LogP contribution in [0.15, 0.2) is 55.0 Å². The molecule has 3 aromatic rings. The Morgan fingerprint density at radius 2 is 1.75 bits per heavy atom. The maximum atomic E-state index is 14.2. The molecule has 4 aliphatic rings. The number of anilines is 1. The fraction of sp³-hybridized carbons (Fsp3) is 0.649. The van der Waals surface area contributed by atoms with E-state index < -0.39 is 36.8 Å². The van der Waals surface area contributed by atoms with Crippen LogP contribution in [0.25, 0.3) is 22.2 Å². The van der Waals surface area contributed by atoms with Crippen molar-refractivity contribution in [2.75, 3.05) is 99.0 Å². The number of nitrogens with one attached hydrogen (secondary N) is 3. The van der Waals surface area contributed by atoms with Crippen LogP contribution in [-0.2, 0) is 50.9 Å². The van der Waals surface area contributed by atoms with Crippen LogP contribution >= 0.6 is 7.29 Å². The fourth-order valence-electron chi connectivity index (χ4n) is 11.6. The molecule has 3 N–H and O–H groups in total. The summed E-state index contributed by atoms with van der Waals surface area (Å²) in [5, 5.41) is 3.79. The maximum Gasteiger partial charge on any atom is 0.324 e. The SMILES string of the molecule is C=C/C(=C\CC(OC)c1ccc2c(c1)c(CC(C)(C)COC(=O)[C@@H]1CCCNN1)c(-c1cc(N3CCN(C4CC4)CC3)cnc1[C@H](C)OC)n2CC)OC[C@@H]1[C@@H](C(=O)N(C)[C@H](C(=O)NC)C(C)C)CCN1P(C)(C)=O. The minimum absolute atomic E-state index is 0.107. The minimum Gasteiger partial charge on any atom is -0.492 e. The van der Waals surface area contributed by atoms with E-state index in [0.29, 0.717) is 38.1 Å². The van der Waals surface area contributed by atoms with Gasteiger partial charge >= 0.3 is 5.97 Å². The van der Waals surface area contributed by atoms with Crippen molar-refractivity contribution < 1.29 is 37.9 Å². The van der Waals surface area contributed by atoms with Crippen molar-refractivity contribution in [2.45, 2.75) is 129 Å². The lowest BCUT2D eigenvalue weighted by atomic mass is 9.84. The number of ether oxygens (including phenoxy) is 4. The molecule has 0 radical (unpaired) electrons. The first-order chi connectivity index (χ1) is 35.7. The molecule has 1 unspecified atom stereocenters. The van der Waals surface area contributed by atoms with Gasteiger partial charge in [-0.1, -0.05) is 40.3 Å². The Hall–Kier alpha value is -4.61. The van der Waals surface area contributed by atoms with E-state index in [1.165, 1.54) is 12.8 Å². The number of fused-ring (bicyclic) bond motifs is 1. The Labute approximate surface area is 446 Å². The molecule has 18 heteroatoms. The van der Waals surface area contributed by atoms with Gasteiger partial charge in [-0.25, -0.2) is 10.1 Å². The summed E-state index contributed by atoms with van der Waals surface area (Å²) in [6.07, 6.45) is 10.7. The van der Waals surface area contributed by atoms with Gasteiger partial charge in [-0.2, -0.15) is 0 Å². The summed E-state index contributed by atoms with van der Waals surface area (Å²) in [5.74, 6) is -0.761. The molecule has 6 atom stereocenters. The molecule has 414 valence electrons. The molecule has 5 heterocycles. The van der Waals surface area contributed by atoms with E-state index in [4.69, 9.17) is 23.9 Å². The van der Waals surface area contributed by atoms with Crippen LogP contribution in [0.2, 0.25) is 0 Å². The highest BCUT2D eigenvalue weighted by molar-refractivity contribution is 7.59. The van der Waals surface area contributed by atoms with Gasteiger partial charge in [-0.15, -0.1) is 0 Å². The molecule has 3 aliphatic heterocycles. The van der Waals surface area contributed by atoms with Gasteiger partial charge in [0.25, 0.3) is 0 Å². The highest BCUT2D eigenvalue weighted by Crippen LogP contribution is 2.49. The number of piperazine rings is 1. The second kappa shape index (κ2) is 25.2. The molecule has 75 heavy (non-hydrogen) atoms. The number of rotatable bonds is 24. The molecule has 0 bridgehead atoms. The fourth-order valence-corrected chi connectivity index (χ4v) is 13.2. The van der Waals surface area contributed by atoms with Crippen molar-refractivity contribution in [3.05, 3.63) is 71.8 Å². The van der Waals surface area contributed by atoms with Gasteiger partial charge in [0.2, 0.25) is 11.8 Å². The van der Waals surface area contributed by atoms with Gasteiger partial charge in [0, 0.05) is 115 Å². The lowest BCUT2D eigenvalue weighted by Gasteiger charge is -2.36. The Morgan fingerprint density at radius 1 is 1.01 bits per heavy atom. The summed E-state index contributed by atoms with van der Waals surface area (Å²) in [5.41, 5.74) is 13.0. The summed E-state index contributed by atoms with van der Waals surface area (Å²) in [4.78, 5) is 52.4. The van der Waals surface area contributed by atoms with E-state index in [1.807, 2.05) is 30.8 Å². The van der Waals surface area contributed by atoms with Crippen LogP contribution in [0.3, 0.4) is 0 Å². The molecule has 17 nitrogen and oxygen atoms in total. The molecule has 1 aromatic carbocycles. The first-order valence-electron chi connectivity index (χ1n) is 27.4. The number of pyridine rings is 1. The number of benzene rings is 1. The van der Waals surface area contributed by atoms with Crippen molar-refractivity contribution in [1.82, 2.24) is 40.2 Å². The number of allylic oxidation sites excluding steroid dienone is 1. The van der Waals surface area contributed by atoms with Gasteiger partial charge in [-0.05, 0) is 106 Å². The van der Waals surface area contributed by atoms with Gasteiger partial charge in [0.05, 0.1) is 54.0 Å². The van der Waals surface area contributed by atoms with Crippen molar-refractivity contribution in [2.24, 2.45) is 17.3 Å². The highest BCUT2D eigenvalue weighted by Gasteiger charge is 2.46. The number of likely N-dealkylation sites (N-methyl/N-ethyl adjacent to an activating group) is 2. The Bertz CT molecular complexity index is 2560. The number of esters is 1. The van der Waals surface area contributed by atoms with Gasteiger partial charge < -0.3 is 43.2 Å². The molecule has 2 aromatic heterocycles. The zero-order chi connectivity index (χ0) is 54.4. The third kappa shape index (κ3) is 13.6. The van der Waals surface area contributed by atoms with Crippen LogP contribution in [0.1, 0.15) is 109 Å². The first kappa shape index (κ1) is 58.1. The molecule has 2 amide bonds. The minimum atomic E-state index is -2.79. The van der Waals surface area contributed by atoms with E-state index in [-0.39, 0.29) is 49.1 Å². The average molecular weight is 1060 g/mol. The van der Waals surface area contributed by atoms with Gasteiger partial charge in [0.15, 0.2) is 0 Å². The number of aromatic nitrogens is 2. The first-order valence-corrected chi connectivity index (χ1v) is 29.9. The number of hydrogen-bond acceptors (Lipinski definition) is 13. The summed E-state index contributed by atoms with van der Waals surface area (Å²) in [6.45, 7) is 26.2. The summed E-state index contributed by atoms with van der Waals surface area (Å²) in [7, 11) is 3.90. The van der Waals surface area contributed by atoms with Crippen LogP contribution in [0.5, 0.6) is 0 Å². The topological polar surface area (TPSA) is 172 Å². The molecule has 0 spiro atoms. The molecule has 7 rings (SSSR count). The van der Waals surface area contributed by atoms with Crippen LogP contribution in [0, 0.1) is 17.3 Å². The van der Waals surface area contributed by atoms with Crippen LogP contribution in [-0.4, -0.2) is 160 Å². The Balaban J connectivity index is 1.22. The Kier molecular flexibility index (Phi) is 19.5. The number of amides is 2. The molecule has 4 fully saturated rings. The number of nitrogens with zero attached hydrogens (tertiary/aromatic N) is 6. The monoisotopic (exact) mass is 1060 g/mol. The number of hydrazine groups is 1. The van der Waals surface area contributed by atoms with Gasteiger partial charge in [0.1, 0.15) is 31.7 Å². The standard InChI is InChI=1S/C57H88N9O8P/c1-14-42(73-35-49-43(24-26-66(49)75(12,13)70)55(68)62(9)52(37(3)4)54(67)58-8)21-23-50(72-11)39-18-22-48-44(31-39)46(33-57(6,7)36-74-56(69)47-17-16-25-60-61-47)53(65(48)15-2)45-32-41(34-59-51(45)38(5)71-10)64-29-27-63(28-30-64)40-19-20-40/h14,18,21-22,31-32,34,37-38,40,43,47,49-50,52,60-61H,1,15-17,19-20,23-30,33,35-36H2,2-13H3,(H,58,67)/b42-21+/t38-,43-,47-,49+,50?,52-/m0/s1. The zero-order valence-electron chi connectivity index (χ0n) is 47.1. The molecule has 1 saturated carbocycles. The smallest absolute Gasteiger partial charge is 0.324 e. The van der Waals surface area contributed by atoms with E-state index in [2.05, 4.69) is 89.1 Å². The normalized spacial score (nSPS) is 21.5. The predicted octanol–water partition coefficient (Wildman–Crippen LogP) is 7.70. The summed E-state index contributed by atoms with van der Waals surface area (Å²) in [6, 6.07) is 8.10. The second-order valence-corrected chi connectivity index (χ2v) is 25.7. The largest absolute Gasteiger partial charge is 0.492 e. The number of carbonyl (C=O) groups is 3. The number of carbonyl (C=O) groups excluding carboxylic acids is 3. The molecule has 3 saturated heterocycles. The average Bonchev–Trinajstić information content (AvgIpc) is 4.10. The molecule has 1 aliphatic carbocycles. The van der Waals surface area contributed by atoms with Crippen LogP contribution < -0.4 is 21.1 Å². The number of aryl methyl sites for hydroxylation is 1.